The lowest BCUT2D eigenvalue weighted by Crippen LogP contribution is -2.26. The van der Waals surface area contributed by atoms with Crippen molar-refractivity contribution in [3.63, 3.8) is 0 Å². The zero-order valence-corrected chi connectivity index (χ0v) is 13.0. The minimum absolute atomic E-state index is 0.156. The number of hydrogen-bond donors (Lipinski definition) is 1. The van der Waals surface area contributed by atoms with Crippen LogP contribution < -0.4 is 0 Å². The third kappa shape index (κ3) is 3.03. The maximum Gasteiger partial charge on any atom is 0.143 e. The molecule has 0 bridgehead atoms. The minimum Gasteiger partial charge on any atom is -0.385 e. The van der Waals surface area contributed by atoms with Gasteiger partial charge in [-0.15, -0.1) is 0 Å². The van der Waals surface area contributed by atoms with Crippen molar-refractivity contribution >= 4 is 27.5 Å². The van der Waals surface area contributed by atoms with Gasteiger partial charge in [-0.1, -0.05) is 29.8 Å². The normalized spacial score (nSPS) is 14.1. The summed E-state index contributed by atoms with van der Waals surface area (Å²) in [7, 11) is 0. The van der Waals surface area contributed by atoms with Gasteiger partial charge in [-0.25, -0.2) is 8.78 Å². The van der Waals surface area contributed by atoms with Crippen molar-refractivity contribution < 1.29 is 13.9 Å². The van der Waals surface area contributed by atoms with E-state index in [9.17, 15) is 13.9 Å². The fourth-order valence-electron chi connectivity index (χ4n) is 2.07. The van der Waals surface area contributed by atoms with Gasteiger partial charge >= 0.3 is 0 Å². The van der Waals surface area contributed by atoms with E-state index < -0.39 is 17.2 Å². The van der Waals surface area contributed by atoms with E-state index in [-0.39, 0.29) is 16.5 Å². The number of benzene rings is 2. The Morgan fingerprint density at radius 3 is 2.50 bits per heavy atom. The summed E-state index contributed by atoms with van der Waals surface area (Å²) in [4.78, 5) is 0. The van der Waals surface area contributed by atoms with Crippen LogP contribution in [0.25, 0.3) is 0 Å². The highest BCUT2D eigenvalue weighted by Gasteiger charge is 2.29. The lowest BCUT2D eigenvalue weighted by atomic mass is 9.88. The molecule has 0 heterocycles. The molecule has 1 nitrogen and oxygen atoms in total. The lowest BCUT2D eigenvalue weighted by molar-refractivity contribution is 0.0557. The Morgan fingerprint density at radius 1 is 1.20 bits per heavy atom. The molecule has 20 heavy (non-hydrogen) atoms. The van der Waals surface area contributed by atoms with Crippen molar-refractivity contribution in [3.8, 4) is 0 Å². The molecular formula is C15H12BrClF2O. The molecule has 0 saturated carbocycles. The third-order valence-corrected chi connectivity index (χ3v) is 4.06. The summed E-state index contributed by atoms with van der Waals surface area (Å²) in [6, 6.07) is 9.14. The SMILES string of the molecule is CC(O)(Cc1c(F)ccc(Br)c1F)c1ccccc1Cl. The monoisotopic (exact) mass is 360 g/mol. The second-order valence-corrected chi connectivity index (χ2v) is 6.01. The molecule has 0 aliphatic heterocycles. The summed E-state index contributed by atoms with van der Waals surface area (Å²) < 4.78 is 27.9. The van der Waals surface area contributed by atoms with E-state index in [1.54, 1.807) is 24.3 Å². The van der Waals surface area contributed by atoms with E-state index in [2.05, 4.69) is 15.9 Å². The van der Waals surface area contributed by atoms with Gasteiger partial charge in [0, 0.05) is 22.6 Å². The molecule has 0 aromatic heterocycles. The van der Waals surface area contributed by atoms with Crippen molar-refractivity contribution in [2.45, 2.75) is 18.9 Å². The van der Waals surface area contributed by atoms with Gasteiger partial charge in [0.25, 0.3) is 0 Å². The average molecular weight is 362 g/mol. The molecule has 0 aliphatic carbocycles. The fraction of sp³-hybridized carbons (Fsp3) is 0.200. The average Bonchev–Trinajstić information content (AvgIpc) is 2.39. The van der Waals surface area contributed by atoms with Gasteiger partial charge in [-0.2, -0.15) is 0 Å². The van der Waals surface area contributed by atoms with E-state index in [4.69, 9.17) is 11.6 Å². The van der Waals surface area contributed by atoms with Crippen molar-refractivity contribution in [2.24, 2.45) is 0 Å². The first-order valence-electron chi connectivity index (χ1n) is 5.92. The fourth-order valence-corrected chi connectivity index (χ4v) is 2.78. The minimum atomic E-state index is -1.47. The molecule has 1 N–H and O–H groups in total. The van der Waals surface area contributed by atoms with Crippen LogP contribution >= 0.6 is 27.5 Å². The van der Waals surface area contributed by atoms with Gasteiger partial charge in [0.05, 0.1) is 10.1 Å². The van der Waals surface area contributed by atoms with Crippen LogP contribution in [-0.2, 0) is 12.0 Å². The highest BCUT2D eigenvalue weighted by atomic mass is 79.9. The first-order chi connectivity index (χ1) is 9.33. The molecular weight excluding hydrogens is 350 g/mol. The van der Waals surface area contributed by atoms with Crippen LogP contribution in [0.3, 0.4) is 0 Å². The Balaban J connectivity index is 2.44. The van der Waals surface area contributed by atoms with E-state index in [0.717, 1.165) is 6.07 Å². The lowest BCUT2D eigenvalue weighted by Gasteiger charge is -2.25. The molecule has 0 amide bonds. The second kappa shape index (κ2) is 5.80. The summed E-state index contributed by atoms with van der Waals surface area (Å²) in [5.74, 6) is -1.41. The van der Waals surface area contributed by atoms with Crippen LogP contribution in [0.4, 0.5) is 8.78 Å². The standard InChI is InChI=1S/C15H12BrClF2O/c1-15(20,10-4-2-3-5-12(10)17)8-9-13(18)7-6-11(16)14(9)19/h2-7,20H,8H2,1H3. The summed E-state index contributed by atoms with van der Waals surface area (Å²) in [6.45, 7) is 1.48. The molecule has 106 valence electrons. The van der Waals surface area contributed by atoms with E-state index in [0.29, 0.717) is 10.6 Å². The maximum absolute atomic E-state index is 14.0. The molecule has 5 heteroatoms. The number of halogens is 4. The predicted molar refractivity (Wildman–Crippen MR) is 78.8 cm³/mol. The third-order valence-electron chi connectivity index (χ3n) is 3.11. The second-order valence-electron chi connectivity index (χ2n) is 4.75. The Hall–Kier alpha value is -0.970. The quantitative estimate of drug-likeness (QED) is 0.776. The molecule has 2 rings (SSSR count). The van der Waals surface area contributed by atoms with Crippen molar-refractivity contribution in [1.29, 1.82) is 0 Å². The van der Waals surface area contributed by atoms with Gasteiger partial charge in [-0.05, 0) is 41.1 Å². The van der Waals surface area contributed by atoms with Gasteiger partial charge in [0.2, 0.25) is 0 Å². The van der Waals surface area contributed by atoms with Crippen LogP contribution in [0, 0.1) is 11.6 Å². The number of rotatable bonds is 3. The summed E-state index contributed by atoms with van der Waals surface area (Å²) in [6.07, 6.45) is -0.214. The first-order valence-corrected chi connectivity index (χ1v) is 7.10. The smallest absolute Gasteiger partial charge is 0.143 e. The maximum atomic E-state index is 14.0. The van der Waals surface area contributed by atoms with Crippen molar-refractivity contribution in [1.82, 2.24) is 0 Å². The Bertz CT molecular complexity index is 644. The van der Waals surface area contributed by atoms with E-state index >= 15 is 0 Å². The van der Waals surface area contributed by atoms with Crippen molar-refractivity contribution in [2.75, 3.05) is 0 Å². The summed E-state index contributed by atoms with van der Waals surface area (Å²) in [5.41, 5.74) is -1.22. The zero-order chi connectivity index (χ0) is 14.9. The molecule has 0 radical (unpaired) electrons. The van der Waals surface area contributed by atoms with Crippen LogP contribution in [0.2, 0.25) is 5.02 Å². The zero-order valence-electron chi connectivity index (χ0n) is 10.6. The highest BCUT2D eigenvalue weighted by Crippen LogP contribution is 2.33. The number of aliphatic hydroxyl groups is 1. The molecule has 2 aromatic carbocycles. The van der Waals surface area contributed by atoms with Crippen LogP contribution in [-0.4, -0.2) is 5.11 Å². The molecule has 1 atom stereocenters. The molecule has 0 fully saturated rings. The van der Waals surface area contributed by atoms with Gasteiger partial charge in [-0.3, -0.25) is 0 Å². The van der Waals surface area contributed by atoms with E-state index in [1.807, 2.05) is 0 Å². The molecule has 0 aliphatic rings. The highest BCUT2D eigenvalue weighted by molar-refractivity contribution is 9.10. The molecule has 0 spiro atoms. The van der Waals surface area contributed by atoms with Gasteiger partial charge in [0.1, 0.15) is 11.6 Å². The van der Waals surface area contributed by atoms with Gasteiger partial charge in [0.15, 0.2) is 0 Å². The predicted octanol–water partition coefficient (Wildman–Crippen LogP) is 4.83. The summed E-state index contributed by atoms with van der Waals surface area (Å²) >= 11 is 9.04. The largest absolute Gasteiger partial charge is 0.385 e. The van der Waals surface area contributed by atoms with Crippen LogP contribution in [0.15, 0.2) is 40.9 Å². The molecule has 0 saturated heterocycles. The Morgan fingerprint density at radius 2 is 1.85 bits per heavy atom. The number of hydrogen-bond acceptors (Lipinski definition) is 1. The van der Waals surface area contributed by atoms with Gasteiger partial charge < -0.3 is 5.11 Å². The van der Waals surface area contributed by atoms with Crippen LogP contribution in [0.5, 0.6) is 0 Å². The molecule has 1 unspecified atom stereocenters. The molecule has 2 aromatic rings. The van der Waals surface area contributed by atoms with Crippen LogP contribution in [0.1, 0.15) is 18.1 Å². The summed E-state index contributed by atoms with van der Waals surface area (Å²) in [5, 5.41) is 10.9. The topological polar surface area (TPSA) is 20.2 Å². The Kier molecular flexibility index (Phi) is 4.47. The van der Waals surface area contributed by atoms with Crippen molar-refractivity contribution in [3.05, 3.63) is 68.7 Å². The van der Waals surface area contributed by atoms with E-state index in [1.165, 1.54) is 13.0 Å². The first kappa shape index (κ1) is 15.4. The Labute approximate surface area is 129 Å².